The number of hydrogen-bond acceptors (Lipinski definition) is 0. The molecule has 0 aromatic carbocycles. The van der Waals surface area contributed by atoms with Crippen molar-refractivity contribution in [2.24, 2.45) is 11.8 Å². The molecule has 2 aliphatic rings. The van der Waals surface area contributed by atoms with Crippen LogP contribution in [0.4, 0.5) is 0 Å². The van der Waals surface area contributed by atoms with Crippen LogP contribution in [0.3, 0.4) is 0 Å². The zero-order valence-corrected chi connectivity index (χ0v) is 13.4. The molecule has 0 aromatic heterocycles. The molecule has 0 heterocycles. The summed E-state index contributed by atoms with van der Waals surface area (Å²) in [6.45, 7) is 0. The van der Waals surface area contributed by atoms with Gasteiger partial charge in [-0.15, -0.1) is 0 Å². The van der Waals surface area contributed by atoms with Crippen LogP contribution < -0.4 is 0 Å². The van der Waals surface area contributed by atoms with Gasteiger partial charge < -0.3 is 0 Å². The maximum absolute atomic E-state index is 3.60. The first-order valence-corrected chi connectivity index (χ1v) is 7.59. The van der Waals surface area contributed by atoms with Crippen molar-refractivity contribution in [1.82, 2.24) is 0 Å². The van der Waals surface area contributed by atoms with E-state index < -0.39 is 0 Å². The number of allylic oxidation sites excluding steroid dienone is 8. The van der Waals surface area contributed by atoms with E-state index in [0.717, 1.165) is 12.8 Å². The summed E-state index contributed by atoms with van der Waals surface area (Å²) in [6.07, 6.45) is 13.6. The van der Waals surface area contributed by atoms with E-state index in [1.165, 1.54) is 12.5 Å². The van der Waals surface area contributed by atoms with Crippen molar-refractivity contribution in [2.75, 3.05) is 0 Å². The Morgan fingerprint density at radius 2 is 2.07 bits per heavy atom. The fourth-order valence-electron chi connectivity index (χ4n) is 1.95. The van der Waals surface area contributed by atoms with Gasteiger partial charge in [0.25, 0.3) is 0 Å². The molecule has 2 unspecified atom stereocenters. The second-order valence-electron chi connectivity index (χ2n) is 3.86. The molecule has 0 spiro atoms. The summed E-state index contributed by atoms with van der Waals surface area (Å²) in [5.41, 5.74) is 0. The lowest BCUT2D eigenvalue weighted by Crippen LogP contribution is -2.13. The van der Waals surface area contributed by atoms with Gasteiger partial charge in [-0.1, -0.05) is 56.2 Å². The van der Waals surface area contributed by atoms with Gasteiger partial charge in [-0.25, -0.2) is 0 Å². The minimum atomic E-state index is 0.621. The van der Waals surface area contributed by atoms with E-state index in [2.05, 4.69) is 84.8 Å². The maximum Gasteiger partial charge on any atom is 0.0146 e. The molecule has 2 aliphatic carbocycles. The van der Waals surface area contributed by atoms with E-state index in [0.29, 0.717) is 11.8 Å². The Labute approximate surface area is 121 Å². The third-order valence-corrected chi connectivity index (χ3v) is 4.58. The molecule has 0 N–H and O–H groups in total. The quantitative estimate of drug-likeness (QED) is 0.474. The summed E-state index contributed by atoms with van der Waals surface area (Å²) in [5.74, 6) is 1.27. The second-order valence-corrected chi connectivity index (χ2v) is 7.04. The first kappa shape index (κ1) is 12.1. The minimum Gasteiger partial charge on any atom is -0.0795 e. The number of halogens is 3. The molecule has 2 atom stereocenters. The monoisotopic (exact) mass is 440 g/mol. The van der Waals surface area contributed by atoms with Crippen molar-refractivity contribution in [3.05, 3.63) is 42.9 Å². The smallest absolute Gasteiger partial charge is 0.0146 e. The standard InChI is InChI=1S/C12H11Br2I/c13-10-5-9(6-11(14)7-10)8-1-3-12(15)4-2-8/h1,3-5,7-9H,2,6H2. The summed E-state index contributed by atoms with van der Waals surface area (Å²) in [4.78, 5) is 0. The highest BCUT2D eigenvalue weighted by Crippen LogP contribution is 2.37. The highest BCUT2D eigenvalue weighted by Gasteiger charge is 2.21. The lowest BCUT2D eigenvalue weighted by atomic mass is 9.83. The molecule has 0 fully saturated rings. The fourth-order valence-corrected chi connectivity index (χ4v) is 3.95. The lowest BCUT2D eigenvalue weighted by molar-refractivity contribution is 0.475. The minimum absolute atomic E-state index is 0.621. The van der Waals surface area contributed by atoms with Gasteiger partial charge in [-0.3, -0.25) is 0 Å². The molecule has 3 heteroatoms. The molecule has 0 aliphatic heterocycles. The van der Waals surface area contributed by atoms with Crippen LogP contribution in [0.25, 0.3) is 0 Å². The maximum atomic E-state index is 3.60. The van der Waals surface area contributed by atoms with Crippen LogP contribution in [0.15, 0.2) is 42.9 Å². The first-order chi connectivity index (χ1) is 7.15. The van der Waals surface area contributed by atoms with Crippen molar-refractivity contribution in [3.8, 4) is 0 Å². The number of rotatable bonds is 1. The predicted molar refractivity (Wildman–Crippen MR) is 81.5 cm³/mol. The zero-order valence-electron chi connectivity index (χ0n) is 8.09. The summed E-state index contributed by atoms with van der Waals surface area (Å²) < 4.78 is 3.85. The van der Waals surface area contributed by atoms with Crippen molar-refractivity contribution < 1.29 is 0 Å². The van der Waals surface area contributed by atoms with Crippen molar-refractivity contribution in [1.29, 1.82) is 0 Å². The Morgan fingerprint density at radius 3 is 2.67 bits per heavy atom. The third kappa shape index (κ3) is 3.30. The Kier molecular flexibility index (Phi) is 4.30. The Balaban J connectivity index is 2.08. The first-order valence-electron chi connectivity index (χ1n) is 4.92. The lowest BCUT2D eigenvalue weighted by Gasteiger charge is -2.25. The van der Waals surface area contributed by atoms with E-state index in [1.54, 1.807) is 0 Å². The van der Waals surface area contributed by atoms with Crippen LogP contribution in [-0.4, -0.2) is 0 Å². The van der Waals surface area contributed by atoms with Crippen LogP contribution in [0.1, 0.15) is 12.8 Å². The van der Waals surface area contributed by atoms with Gasteiger partial charge in [0.2, 0.25) is 0 Å². The molecule has 0 amide bonds. The molecule has 15 heavy (non-hydrogen) atoms. The van der Waals surface area contributed by atoms with E-state index in [-0.39, 0.29) is 0 Å². The average molecular weight is 442 g/mol. The molecular weight excluding hydrogens is 431 g/mol. The van der Waals surface area contributed by atoms with Crippen LogP contribution in [0.5, 0.6) is 0 Å². The van der Waals surface area contributed by atoms with Gasteiger partial charge in [-0.2, -0.15) is 0 Å². The molecule has 80 valence electrons. The van der Waals surface area contributed by atoms with Gasteiger partial charge in [0.15, 0.2) is 0 Å². The largest absolute Gasteiger partial charge is 0.0795 e. The molecule has 0 radical (unpaired) electrons. The topological polar surface area (TPSA) is 0 Å². The van der Waals surface area contributed by atoms with Gasteiger partial charge in [-0.05, 0) is 57.8 Å². The van der Waals surface area contributed by atoms with Gasteiger partial charge in [0, 0.05) is 8.06 Å². The third-order valence-electron chi connectivity index (χ3n) is 2.74. The van der Waals surface area contributed by atoms with E-state index in [1.807, 2.05) is 0 Å². The summed E-state index contributed by atoms with van der Waals surface area (Å²) in [5, 5.41) is 0. The summed E-state index contributed by atoms with van der Waals surface area (Å²) in [7, 11) is 0. The molecule has 2 rings (SSSR count). The van der Waals surface area contributed by atoms with E-state index in [9.17, 15) is 0 Å². The van der Waals surface area contributed by atoms with Crippen LogP contribution in [0, 0.1) is 11.8 Å². The SMILES string of the molecule is BrC1=CC(C2C=CC(I)=CC2)CC(Br)=C1. The zero-order chi connectivity index (χ0) is 10.8. The molecule has 0 saturated carbocycles. The normalized spacial score (nSPS) is 30.7. The molecule has 0 nitrogen and oxygen atoms in total. The van der Waals surface area contributed by atoms with Crippen molar-refractivity contribution in [2.45, 2.75) is 12.8 Å². The molecule has 0 aromatic rings. The predicted octanol–water partition coefficient (Wildman–Crippen LogP) is 5.46. The Morgan fingerprint density at radius 1 is 1.27 bits per heavy atom. The summed E-state index contributed by atoms with van der Waals surface area (Å²) >= 11 is 9.53. The van der Waals surface area contributed by atoms with E-state index in [4.69, 9.17) is 0 Å². The van der Waals surface area contributed by atoms with Crippen molar-refractivity contribution in [3.63, 3.8) is 0 Å². The fraction of sp³-hybridized carbons (Fsp3) is 0.333. The molecule has 0 bridgehead atoms. The van der Waals surface area contributed by atoms with Crippen LogP contribution >= 0.6 is 54.5 Å². The average Bonchev–Trinajstić information content (AvgIpc) is 2.17. The highest BCUT2D eigenvalue weighted by atomic mass is 127. The van der Waals surface area contributed by atoms with Gasteiger partial charge in [0.1, 0.15) is 0 Å². The van der Waals surface area contributed by atoms with Crippen LogP contribution in [-0.2, 0) is 0 Å². The Bertz CT molecular complexity index is 377. The summed E-state index contributed by atoms with van der Waals surface area (Å²) in [6, 6.07) is 0. The molecule has 0 saturated heterocycles. The van der Waals surface area contributed by atoms with E-state index >= 15 is 0 Å². The van der Waals surface area contributed by atoms with Gasteiger partial charge >= 0.3 is 0 Å². The van der Waals surface area contributed by atoms with Crippen LogP contribution in [0.2, 0.25) is 0 Å². The second kappa shape index (κ2) is 5.32. The highest BCUT2D eigenvalue weighted by molar-refractivity contribution is 14.1. The van der Waals surface area contributed by atoms with Gasteiger partial charge in [0.05, 0.1) is 0 Å². The number of hydrogen-bond donors (Lipinski definition) is 0. The Hall–Kier alpha value is 0.650. The molecular formula is C12H11Br2I. The van der Waals surface area contributed by atoms with Crippen molar-refractivity contribution >= 4 is 54.5 Å².